The predicted molar refractivity (Wildman–Crippen MR) is 85.1 cm³/mol. The molecule has 0 saturated heterocycles. The Hall–Kier alpha value is -2.31. The number of aromatic amines is 1. The molecule has 104 valence electrons. The van der Waals surface area contributed by atoms with Gasteiger partial charge in [0.2, 0.25) is 4.77 Å². The van der Waals surface area contributed by atoms with Gasteiger partial charge < -0.3 is 0 Å². The predicted octanol–water partition coefficient (Wildman–Crippen LogP) is 3.54. The molecule has 3 rings (SSSR count). The van der Waals surface area contributed by atoms with E-state index >= 15 is 0 Å². The molecule has 0 unspecified atom stereocenters. The number of halogens is 1. The lowest BCUT2D eigenvalue weighted by Crippen LogP contribution is -1.95. The molecular formula is C14H10ClN5S. The summed E-state index contributed by atoms with van der Waals surface area (Å²) in [5.74, 6) is 0.627. The Morgan fingerprint density at radius 2 is 1.86 bits per heavy atom. The molecular weight excluding hydrogens is 306 g/mol. The van der Waals surface area contributed by atoms with Gasteiger partial charge in [0, 0.05) is 23.0 Å². The molecule has 0 spiro atoms. The summed E-state index contributed by atoms with van der Waals surface area (Å²) in [6.07, 6.45) is 5.11. The standard InChI is InChI=1S/C14H10ClN5S/c15-12-3-1-11(2-4-12)13-18-19-14(21)20(13)17-9-10-5-7-16-8-6-10/h1-9H,(H,19,21). The van der Waals surface area contributed by atoms with Crippen molar-refractivity contribution in [3.8, 4) is 11.4 Å². The molecule has 7 heteroatoms. The number of benzene rings is 1. The molecule has 21 heavy (non-hydrogen) atoms. The van der Waals surface area contributed by atoms with Crippen LogP contribution in [0.5, 0.6) is 0 Å². The molecule has 0 radical (unpaired) electrons. The van der Waals surface area contributed by atoms with Crippen LogP contribution in [-0.4, -0.2) is 26.1 Å². The fourth-order valence-corrected chi connectivity index (χ4v) is 2.06. The first-order chi connectivity index (χ1) is 10.2. The van der Waals surface area contributed by atoms with Crippen molar-refractivity contribution in [2.75, 3.05) is 0 Å². The van der Waals surface area contributed by atoms with Crippen LogP contribution >= 0.6 is 23.8 Å². The average molecular weight is 316 g/mol. The first kappa shape index (κ1) is 13.7. The summed E-state index contributed by atoms with van der Waals surface area (Å²) in [4.78, 5) is 3.96. The molecule has 0 amide bonds. The third-order valence-electron chi connectivity index (χ3n) is 2.78. The molecule has 0 aliphatic heterocycles. The van der Waals surface area contributed by atoms with E-state index in [0.717, 1.165) is 11.1 Å². The third-order valence-corrected chi connectivity index (χ3v) is 3.30. The highest BCUT2D eigenvalue weighted by molar-refractivity contribution is 7.71. The molecule has 5 nitrogen and oxygen atoms in total. The molecule has 0 bridgehead atoms. The van der Waals surface area contributed by atoms with Crippen LogP contribution < -0.4 is 0 Å². The van der Waals surface area contributed by atoms with E-state index in [-0.39, 0.29) is 0 Å². The van der Waals surface area contributed by atoms with Gasteiger partial charge in [0.05, 0.1) is 6.21 Å². The summed E-state index contributed by atoms with van der Waals surface area (Å²) in [5.41, 5.74) is 1.80. The third kappa shape index (κ3) is 3.07. The van der Waals surface area contributed by atoms with E-state index in [1.54, 1.807) is 35.4 Å². The van der Waals surface area contributed by atoms with Gasteiger partial charge >= 0.3 is 0 Å². The van der Waals surface area contributed by atoms with E-state index in [1.807, 2.05) is 24.3 Å². The Labute approximate surface area is 130 Å². The molecule has 1 aromatic carbocycles. The van der Waals surface area contributed by atoms with E-state index in [4.69, 9.17) is 23.8 Å². The maximum atomic E-state index is 5.89. The largest absolute Gasteiger partial charge is 0.265 e. The van der Waals surface area contributed by atoms with Crippen molar-refractivity contribution in [2.24, 2.45) is 5.10 Å². The highest BCUT2D eigenvalue weighted by Crippen LogP contribution is 2.19. The van der Waals surface area contributed by atoms with Gasteiger partial charge in [0.15, 0.2) is 5.82 Å². The molecule has 0 saturated carbocycles. The smallest absolute Gasteiger partial charge is 0.216 e. The van der Waals surface area contributed by atoms with E-state index in [2.05, 4.69) is 20.3 Å². The van der Waals surface area contributed by atoms with E-state index < -0.39 is 0 Å². The molecule has 3 aromatic rings. The van der Waals surface area contributed by atoms with E-state index in [1.165, 1.54) is 0 Å². The number of aromatic nitrogens is 4. The van der Waals surface area contributed by atoms with Crippen molar-refractivity contribution in [1.29, 1.82) is 0 Å². The van der Waals surface area contributed by atoms with Gasteiger partial charge in [-0.1, -0.05) is 11.6 Å². The Bertz CT molecular complexity index is 821. The fraction of sp³-hybridized carbons (Fsp3) is 0. The number of rotatable bonds is 3. The molecule has 2 aromatic heterocycles. The summed E-state index contributed by atoms with van der Waals surface area (Å²) in [5, 5.41) is 12.0. The summed E-state index contributed by atoms with van der Waals surface area (Å²) < 4.78 is 1.99. The van der Waals surface area contributed by atoms with Crippen molar-refractivity contribution >= 4 is 30.0 Å². The van der Waals surface area contributed by atoms with Crippen LogP contribution in [0.1, 0.15) is 5.56 Å². The lowest BCUT2D eigenvalue weighted by molar-refractivity contribution is 0.871. The van der Waals surface area contributed by atoms with Gasteiger partial charge in [0.25, 0.3) is 0 Å². The zero-order valence-electron chi connectivity index (χ0n) is 10.8. The van der Waals surface area contributed by atoms with Crippen molar-refractivity contribution in [2.45, 2.75) is 0 Å². The second-order valence-electron chi connectivity index (χ2n) is 4.20. The molecule has 0 atom stereocenters. The zero-order chi connectivity index (χ0) is 14.7. The van der Waals surface area contributed by atoms with Crippen LogP contribution in [0.3, 0.4) is 0 Å². The van der Waals surface area contributed by atoms with Gasteiger partial charge in [-0.05, 0) is 54.2 Å². The normalized spacial score (nSPS) is 11.1. The number of nitrogens with zero attached hydrogens (tertiary/aromatic N) is 4. The number of nitrogens with one attached hydrogen (secondary N) is 1. The fourth-order valence-electron chi connectivity index (χ4n) is 1.76. The van der Waals surface area contributed by atoms with E-state index in [0.29, 0.717) is 15.6 Å². The van der Waals surface area contributed by atoms with Crippen molar-refractivity contribution in [3.05, 3.63) is 64.1 Å². The van der Waals surface area contributed by atoms with Gasteiger partial charge in [-0.15, -0.1) is 0 Å². The summed E-state index contributed by atoms with van der Waals surface area (Å²) in [6.45, 7) is 0. The Morgan fingerprint density at radius 3 is 2.57 bits per heavy atom. The highest BCUT2D eigenvalue weighted by atomic mass is 35.5. The van der Waals surface area contributed by atoms with Crippen LogP contribution in [0.2, 0.25) is 5.02 Å². The highest BCUT2D eigenvalue weighted by Gasteiger charge is 2.07. The number of hydrogen-bond donors (Lipinski definition) is 1. The van der Waals surface area contributed by atoms with Gasteiger partial charge in [-0.2, -0.15) is 14.9 Å². The lowest BCUT2D eigenvalue weighted by Gasteiger charge is -2.01. The van der Waals surface area contributed by atoms with Crippen LogP contribution in [0.4, 0.5) is 0 Å². The molecule has 2 heterocycles. The van der Waals surface area contributed by atoms with Crippen LogP contribution in [0, 0.1) is 4.77 Å². The van der Waals surface area contributed by atoms with Crippen molar-refractivity contribution in [1.82, 2.24) is 19.9 Å². The average Bonchev–Trinajstić information content (AvgIpc) is 2.88. The summed E-state index contributed by atoms with van der Waals surface area (Å²) in [7, 11) is 0. The Morgan fingerprint density at radius 1 is 1.14 bits per heavy atom. The zero-order valence-corrected chi connectivity index (χ0v) is 12.3. The summed E-state index contributed by atoms with van der Waals surface area (Å²) >= 11 is 11.1. The number of hydrogen-bond acceptors (Lipinski definition) is 4. The maximum Gasteiger partial charge on any atom is 0.216 e. The maximum absolute atomic E-state index is 5.89. The van der Waals surface area contributed by atoms with Crippen LogP contribution in [-0.2, 0) is 0 Å². The second kappa shape index (κ2) is 5.99. The molecule has 1 N–H and O–H groups in total. The Kier molecular flexibility index (Phi) is 3.89. The quantitative estimate of drug-likeness (QED) is 0.594. The Balaban J connectivity index is 2.00. The first-order valence-corrected chi connectivity index (χ1v) is 6.90. The number of pyridine rings is 1. The van der Waals surface area contributed by atoms with Crippen molar-refractivity contribution < 1.29 is 0 Å². The topological polar surface area (TPSA) is 58.9 Å². The lowest BCUT2D eigenvalue weighted by atomic mass is 10.2. The minimum atomic E-state index is 0.422. The summed E-state index contributed by atoms with van der Waals surface area (Å²) in [6, 6.07) is 11.0. The monoisotopic (exact) mass is 315 g/mol. The van der Waals surface area contributed by atoms with Crippen LogP contribution in [0.15, 0.2) is 53.9 Å². The first-order valence-electron chi connectivity index (χ1n) is 6.12. The number of H-pyrrole nitrogens is 1. The molecule has 0 aliphatic rings. The second-order valence-corrected chi connectivity index (χ2v) is 5.02. The molecule has 0 aliphatic carbocycles. The van der Waals surface area contributed by atoms with Crippen LogP contribution in [0.25, 0.3) is 11.4 Å². The molecule has 0 fully saturated rings. The minimum Gasteiger partial charge on any atom is -0.265 e. The van der Waals surface area contributed by atoms with E-state index in [9.17, 15) is 0 Å². The van der Waals surface area contributed by atoms with Gasteiger partial charge in [-0.3, -0.25) is 4.98 Å². The SMILES string of the molecule is S=c1[nH]nc(-c2ccc(Cl)cc2)n1N=Cc1ccncc1. The van der Waals surface area contributed by atoms with Crippen molar-refractivity contribution in [3.63, 3.8) is 0 Å². The van der Waals surface area contributed by atoms with Gasteiger partial charge in [0.1, 0.15) is 0 Å². The van der Waals surface area contributed by atoms with Gasteiger partial charge in [-0.25, -0.2) is 5.10 Å². The minimum absolute atomic E-state index is 0.422.